The van der Waals surface area contributed by atoms with Gasteiger partial charge in [0.1, 0.15) is 5.76 Å². The van der Waals surface area contributed by atoms with Gasteiger partial charge in [-0.25, -0.2) is 22.9 Å². The Morgan fingerprint density at radius 2 is 2.00 bits per heavy atom. The van der Waals surface area contributed by atoms with Crippen LogP contribution in [0.5, 0.6) is 0 Å². The van der Waals surface area contributed by atoms with E-state index in [1.807, 2.05) is 0 Å². The molecular weight excluding hydrogens is 350 g/mol. The number of nitrogens with one attached hydrogen (secondary N) is 1. The van der Waals surface area contributed by atoms with E-state index in [4.69, 9.17) is 4.42 Å². The molecule has 0 fully saturated rings. The fraction of sp³-hybridized carbons (Fsp3) is 0.357. The Labute approximate surface area is 142 Å². The van der Waals surface area contributed by atoms with E-state index < -0.39 is 21.3 Å². The smallest absolute Gasteiger partial charge is 0.332 e. The Kier molecular flexibility index (Phi) is 4.35. The highest BCUT2D eigenvalue weighted by molar-refractivity contribution is 7.89. The van der Waals surface area contributed by atoms with Crippen molar-refractivity contribution in [3.8, 4) is 0 Å². The normalized spacial score (nSPS) is 12.1. The van der Waals surface area contributed by atoms with Crippen LogP contribution in [0.1, 0.15) is 5.76 Å². The number of hydrogen-bond donors (Lipinski definition) is 1. The van der Waals surface area contributed by atoms with Crippen LogP contribution in [-0.2, 0) is 37.2 Å². The van der Waals surface area contributed by atoms with Crippen LogP contribution in [0, 0.1) is 0 Å². The number of aromatic nitrogens is 4. The highest BCUT2D eigenvalue weighted by atomic mass is 32.2. The van der Waals surface area contributed by atoms with E-state index in [2.05, 4.69) is 9.71 Å². The third kappa shape index (κ3) is 3.28. The summed E-state index contributed by atoms with van der Waals surface area (Å²) in [6, 6.07) is 3.33. The van der Waals surface area contributed by atoms with Crippen molar-refractivity contribution in [2.45, 2.75) is 13.1 Å². The van der Waals surface area contributed by atoms with Crippen molar-refractivity contribution in [2.24, 2.45) is 14.1 Å². The zero-order valence-electron chi connectivity index (χ0n) is 13.7. The summed E-state index contributed by atoms with van der Waals surface area (Å²) < 4.78 is 35.3. The average molecular weight is 367 g/mol. The summed E-state index contributed by atoms with van der Waals surface area (Å²) >= 11 is 0. The lowest BCUT2D eigenvalue weighted by Gasteiger charge is -2.08. The Bertz CT molecular complexity index is 1120. The first-order chi connectivity index (χ1) is 11.8. The van der Waals surface area contributed by atoms with Gasteiger partial charge >= 0.3 is 5.69 Å². The summed E-state index contributed by atoms with van der Waals surface area (Å²) in [5.41, 5.74) is -0.605. The van der Waals surface area contributed by atoms with Gasteiger partial charge in [-0.3, -0.25) is 13.9 Å². The Morgan fingerprint density at radius 3 is 2.68 bits per heavy atom. The van der Waals surface area contributed by atoms with E-state index in [9.17, 15) is 18.0 Å². The van der Waals surface area contributed by atoms with Gasteiger partial charge in [0.2, 0.25) is 10.0 Å². The molecule has 1 N–H and O–H groups in total. The number of hydrogen-bond acceptors (Lipinski definition) is 6. The monoisotopic (exact) mass is 367 g/mol. The lowest BCUT2D eigenvalue weighted by Crippen LogP contribution is -2.37. The molecule has 0 radical (unpaired) electrons. The molecule has 0 amide bonds. The molecule has 0 unspecified atom stereocenters. The van der Waals surface area contributed by atoms with Gasteiger partial charge in [0.15, 0.2) is 11.2 Å². The molecule has 3 aromatic heterocycles. The van der Waals surface area contributed by atoms with Crippen LogP contribution in [0.2, 0.25) is 0 Å². The molecule has 3 rings (SSSR count). The molecule has 0 saturated heterocycles. The standard InChI is InChI=1S/C14H17N5O5S/c1-17-12-11(13(20)18(2)14(17)21)19(9-15-12)5-7-25(22,23)16-8-10-4-3-6-24-10/h3-4,6,9,16H,5,7-8H2,1-2H3. The number of imidazole rings is 1. The molecule has 134 valence electrons. The zero-order chi connectivity index (χ0) is 18.2. The third-order valence-electron chi connectivity index (χ3n) is 3.86. The second kappa shape index (κ2) is 6.33. The van der Waals surface area contributed by atoms with E-state index in [-0.39, 0.29) is 30.0 Å². The second-order valence-corrected chi connectivity index (χ2v) is 7.46. The van der Waals surface area contributed by atoms with Crippen LogP contribution in [0.25, 0.3) is 11.2 Å². The molecule has 10 nitrogen and oxygen atoms in total. The first kappa shape index (κ1) is 17.2. The minimum absolute atomic E-state index is 0.0252. The highest BCUT2D eigenvalue weighted by Gasteiger charge is 2.17. The summed E-state index contributed by atoms with van der Waals surface area (Å²) in [7, 11) is -0.712. The van der Waals surface area contributed by atoms with Gasteiger partial charge in [0.25, 0.3) is 5.56 Å². The Morgan fingerprint density at radius 1 is 1.24 bits per heavy atom. The summed E-state index contributed by atoms with van der Waals surface area (Å²) in [4.78, 5) is 28.2. The largest absolute Gasteiger partial charge is 0.468 e. The van der Waals surface area contributed by atoms with Crippen molar-refractivity contribution in [3.05, 3.63) is 51.3 Å². The molecule has 0 aliphatic heterocycles. The zero-order valence-corrected chi connectivity index (χ0v) is 14.5. The molecule has 0 aliphatic rings. The van der Waals surface area contributed by atoms with Crippen molar-refractivity contribution < 1.29 is 12.8 Å². The minimum Gasteiger partial charge on any atom is -0.468 e. The van der Waals surface area contributed by atoms with E-state index in [0.29, 0.717) is 5.76 Å². The Balaban J connectivity index is 1.82. The molecule has 0 aromatic carbocycles. The maximum Gasteiger partial charge on any atom is 0.332 e. The highest BCUT2D eigenvalue weighted by Crippen LogP contribution is 2.06. The second-order valence-electron chi connectivity index (χ2n) is 5.54. The summed E-state index contributed by atoms with van der Waals surface area (Å²) in [5, 5.41) is 0. The number of furan rings is 1. The third-order valence-corrected chi connectivity index (χ3v) is 5.17. The molecule has 0 spiro atoms. The fourth-order valence-corrected chi connectivity index (χ4v) is 3.40. The predicted molar refractivity (Wildman–Crippen MR) is 89.5 cm³/mol. The molecule has 3 heterocycles. The van der Waals surface area contributed by atoms with Gasteiger partial charge in [0, 0.05) is 20.6 Å². The van der Waals surface area contributed by atoms with Gasteiger partial charge in [-0.2, -0.15) is 0 Å². The number of aryl methyl sites for hydroxylation is 2. The summed E-state index contributed by atoms with van der Waals surface area (Å²) in [6.07, 6.45) is 2.81. The van der Waals surface area contributed by atoms with E-state index in [0.717, 1.165) is 4.57 Å². The maximum atomic E-state index is 12.3. The van der Waals surface area contributed by atoms with Crippen LogP contribution < -0.4 is 16.0 Å². The summed E-state index contributed by atoms with van der Waals surface area (Å²) in [6.45, 7) is 0.0771. The molecule has 0 saturated carbocycles. The number of rotatable bonds is 6. The van der Waals surface area contributed by atoms with E-state index in [1.165, 1.54) is 35.8 Å². The number of nitrogens with zero attached hydrogens (tertiary/aromatic N) is 4. The van der Waals surface area contributed by atoms with Gasteiger partial charge in [-0.15, -0.1) is 0 Å². The van der Waals surface area contributed by atoms with Crippen LogP contribution in [-0.4, -0.2) is 32.9 Å². The molecule has 11 heteroatoms. The van der Waals surface area contributed by atoms with Crippen molar-refractivity contribution >= 4 is 21.2 Å². The quantitative estimate of drug-likeness (QED) is 0.605. The minimum atomic E-state index is -3.58. The van der Waals surface area contributed by atoms with E-state index in [1.54, 1.807) is 12.1 Å². The van der Waals surface area contributed by atoms with Crippen molar-refractivity contribution in [1.29, 1.82) is 0 Å². The van der Waals surface area contributed by atoms with Crippen molar-refractivity contribution in [1.82, 2.24) is 23.4 Å². The van der Waals surface area contributed by atoms with Gasteiger partial charge in [-0.1, -0.05) is 0 Å². The van der Waals surface area contributed by atoms with Gasteiger partial charge < -0.3 is 8.98 Å². The van der Waals surface area contributed by atoms with Crippen LogP contribution >= 0.6 is 0 Å². The first-order valence-electron chi connectivity index (χ1n) is 7.41. The van der Waals surface area contributed by atoms with Crippen LogP contribution in [0.3, 0.4) is 0 Å². The number of sulfonamides is 1. The van der Waals surface area contributed by atoms with Crippen molar-refractivity contribution in [3.63, 3.8) is 0 Å². The molecule has 0 aliphatic carbocycles. The lowest BCUT2D eigenvalue weighted by atomic mass is 10.5. The molecule has 3 aromatic rings. The molecule has 25 heavy (non-hydrogen) atoms. The topological polar surface area (TPSA) is 121 Å². The Hall–Kier alpha value is -2.66. The molecular formula is C14H17N5O5S. The van der Waals surface area contributed by atoms with Crippen LogP contribution in [0.15, 0.2) is 38.7 Å². The number of fused-ring (bicyclic) bond motifs is 1. The average Bonchev–Trinajstić information content (AvgIpc) is 3.24. The van der Waals surface area contributed by atoms with Crippen LogP contribution in [0.4, 0.5) is 0 Å². The predicted octanol–water partition coefficient (Wildman–Crippen LogP) is -0.854. The maximum absolute atomic E-state index is 12.3. The van der Waals surface area contributed by atoms with Gasteiger partial charge in [0.05, 0.1) is 24.9 Å². The van der Waals surface area contributed by atoms with Gasteiger partial charge in [-0.05, 0) is 12.1 Å². The van der Waals surface area contributed by atoms with E-state index >= 15 is 0 Å². The summed E-state index contributed by atoms with van der Waals surface area (Å²) in [5.74, 6) is 0.256. The molecule has 0 atom stereocenters. The van der Waals surface area contributed by atoms with Crippen molar-refractivity contribution in [2.75, 3.05) is 5.75 Å². The molecule has 0 bridgehead atoms. The lowest BCUT2D eigenvalue weighted by molar-refractivity contribution is 0.498. The fourth-order valence-electron chi connectivity index (χ4n) is 2.45. The SMILES string of the molecule is Cn1c(=O)c2c(ncn2CCS(=O)(=O)NCc2ccco2)n(C)c1=O. The first-order valence-corrected chi connectivity index (χ1v) is 9.06.